The molecule has 1 aliphatic heterocycles. The van der Waals surface area contributed by atoms with Crippen molar-refractivity contribution in [2.45, 2.75) is 26.3 Å². The molecule has 1 aliphatic rings. The lowest BCUT2D eigenvalue weighted by Crippen LogP contribution is -2.25. The minimum absolute atomic E-state index is 0.0523. The third kappa shape index (κ3) is 5.58. The number of carbonyl (C=O) groups is 3. The highest BCUT2D eigenvalue weighted by atomic mass is 32.1. The van der Waals surface area contributed by atoms with E-state index in [9.17, 15) is 24.8 Å². The number of amides is 2. The summed E-state index contributed by atoms with van der Waals surface area (Å²) in [7, 11) is 0. The lowest BCUT2D eigenvalue weighted by molar-refractivity contribution is 0.0691. The largest absolute Gasteiger partial charge is 0.493 e. The Kier molecular flexibility index (Phi) is 8.28. The van der Waals surface area contributed by atoms with Gasteiger partial charge in [-0.25, -0.2) is 9.78 Å². The summed E-state index contributed by atoms with van der Waals surface area (Å²) in [5, 5.41) is 27.3. The number of rotatable bonds is 8. The molecule has 0 unspecified atom stereocenters. The Bertz CT molecular complexity index is 1760. The molecule has 42 heavy (non-hydrogen) atoms. The molecule has 5 rings (SSSR count). The molecule has 2 aromatic heterocycles. The van der Waals surface area contributed by atoms with Crippen LogP contribution in [0.25, 0.3) is 21.6 Å². The van der Waals surface area contributed by atoms with Gasteiger partial charge in [-0.1, -0.05) is 13.0 Å². The zero-order chi connectivity index (χ0) is 29.8. The smallest absolute Gasteiger partial charge is 0.355 e. The van der Waals surface area contributed by atoms with Crippen LogP contribution in [0.5, 0.6) is 5.75 Å². The fraction of sp³-hybridized carbons (Fsp3) is 0.194. The standard InChI is InChI=1S/C31H27N5O5S/c1-2-9-34-30(38)25-6-4-20(27(35-25)31(39)40)21-14-26-23(28-18(7-10-41-26)8-11-42-28)13-22(21)29(37)36-24-5-3-17(15-32)12-19(24)16-33/h3-6,8,11-14H,2,7,9-10,15,32H2,1H3,(H,34,38)(H,36,37)(H,39,40). The number of hydrogen-bond donors (Lipinski definition) is 4. The lowest BCUT2D eigenvalue weighted by atomic mass is 9.93. The van der Waals surface area contributed by atoms with Gasteiger partial charge in [0.05, 0.1) is 17.9 Å². The number of nitrogens with one attached hydrogen (secondary N) is 2. The van der Waals surface area contributed by atoms with Gasteiger partial charge < -0.3 is 26.2 Å². The number of pyridine rings is 1. The van der Waals surface area contributed by atoms with E-state index in [4.69, 9.17) is 10.5 Å². The zero-order valence-corrected chi connectivity index (χ0v) is 23.5. The topological polar surface area (TPSA) is 167 Å². The van der Waals surface area contributed by atoms with Gasteiger partial charge in [0.2, 0.25) is 0 Å². The van der Waals surface area contributed by atoms with Gasteiger partial charge in [-0.15, -0.1) is 11.3 Å². The van der Waals surface area contributed by atoms with Crippen molar-refractivity contribution in [2.24, 2.45) is 5.73 Å². The molecule has 2 amide bonds. The van der Waals surface area contributed by atoms with Crippen LogP contribution >= 0.6 is 11.3 Å². The van der Waals surface area contributed by atoms with Crippen molar-refractivity contribution >= 4 is 34.8 Å². The molecule has 11 heteroatoms. The van der Waals surface area contributed by atoms with Crippen LogP contribution in [-0.4, -0.2) is 41.0 Å². The number of nitrogens with two attached hydrogens (primary N) is 1. The molecule has 5 N–H and O–H groups in total. The molecule has 0 bridgehead atoms. The van der Waals surface area contributed by atoms with Crippen LogP contribution in [0, 0.1) is 11.3 Å². The number of thiophene rings is 1. The van der Waals surface area contributed by atoms with E-state index in [0.717, 1.165) is 16.0 Å². The average molecular weight is 582 g/mol. The molecule has 0 radical (unpaired) electrons. The molecule has 0 aliphatic carbocycles. The number of nitriles is 1. The highest BCUT2D eigenvalue weighted by Crippen LogP contribution is 2.43. The fourth-order valence-corrected chi connectivity index (χ4v) is 5.71. The molecule has 0 spiro atoms. The maximum Gasteiger partial charge on any atom is 0.355 e. The summed E-state index contributed by atoms with van der Waals surface area (Å²) in [6, 6.07) is 15.2. The fourth-order valence-electron chi connectivity index (χ4n) is 4.73. The van der Waals surface area contributed by atoms with E-state index >= 15 is 0 Å². The van der Waals surface area contributed by atoms with Crippen LogP contribution in [-0.2, 0) is 13.0 Å². The SMILES string of the molecule is CCCNC(=O)c1ccc(-c2cc3c(cc2C(=O)Nc2ccc(CN)cc2C#N)-c2sccc2CCO3)c(C(=O)O)n1. The third-order valence-electron chi connectivity index (χ3n) is 6.83. The summed E-state index contributed by atoms with van der Waals surface area (Å²) in [6.07, 6.45) is 1.38. The van der Waals surface area contributed by atoms with Crippen molar-refractivity contribution in [3.05, 3.63) is 87.6 Å². The molecule has 2 aromatic carbocycles. The summed E-state index contributed by atoms with van der Waals surface area (Å²) in [5.74, 6) is -1.92. The van der Waals surface area contributed by atoms with E-state index in [1.165, 1.54) is 23.5 Å². The Hall–Kier alpha value is -5.05. The van der Waals surface area contributed by atoms with Crippen LogP contribution < -0.4 is 21.1 Å². The van der Waals surface area contributed by atoms with E-state index in [1.54, 1.807) is 30.3 Å². The number of aromatic nitrogens is 1. The summed E-state index contributed by atoms with van der Waals surface area (Å²) in [6.45, 7) is 2.95. The van der Waals surface area contributed by atoms with Crippen molar-refractivity contribution in [3.63, 3.8) is 0 Å². The highest BCUT2D eigenvalue weighted by molar-refractivity contribution is 7.13. The summed E-state index contributed by atoms with van der Waals surface area (Å²) in [5.41, 5.74) is 8.86. The number of carboxylic acid groups (broad SMARTS) is 1. The number of carbonyl (C=O) groups excluding carboxylic acids is 2. The van der Waals surface area contributed by atoms with Crippen molar-refractivity contribution < 1.29 is 24.2 Å². The van der Waals surface area contributed by atoms with Crippen molar-refractivity contribution in [3.8, 4) is 33.4 Å². The maximum absolute atomic E-state index is 13.9. The van der Waals surface area contributed by atoms with Crippen molar-refractivity contribution in [2.75, 3.05) is 18.5 Å². The monoisotopic (exact) mass is 581 g/mol. The Balaban J connectivity index is 1.68. The molecule has 0 atom stereocenters. The van der Waals surface area contributed by atoms with Gasteiger partial charge in [-0.05, 0) is 65.4 Å². The number of hydrogen-bond acceptors (Lipinski definition) is 8. The number of nitrogens with zero attached hydrogens (tertiary/aromatic N) is 2. The van der Waals surface area contributed by atoms with Crippen LogP contribution in [0.15, 0.2) is 53.9 Å². The highest BCUT2D eigenvalue weighted by Gasteiger charge is 2.27. The van der Waals surface area contributed by atoms with Gasteiger partial charge in [0.15, 0.2) is 5.69 Å². The number of anilines is 1. The normalized spacial score (nSPS) is 11.7. The summed E-state index contributed by atoms with van der Waals surface area (Å²) >= 11 is 1.52. The minimum Gasteiger partial charge on any atom is -0.493 e. The van der Waals surface area contributed by atoms with E-state index < -0.39 is 17.8 Å². The number of carboxylic acids is 1. The van der Waals surface area contributed by atoms with Crippen LogP contribution in [0.4, 0.5) is 5.69 Å². The maximum atomic E-state index is 13.9. The van der Waals surface area contributed by atoms with Crippen molar-refractivity contribution in [1.29, 1.82) is 5.26 Å². The van der Waals surface area contributed by atoms with Gasteiger partial charge >= 0.3 is 5.97 Å². The number of ether oxygens (including phenoxy) is 1. The first kappa shape index (κ1) is 28.5. The van der Waals surface area contributed by atoms with E-state index in [2.05, 4.69) is 21.7 Å². The van der Waals surface area contributed by atoms with Gasteiger partial charge in [0.1, 0.15) is 17.5 Å². The quantitative estimate of drug-likeness (QED) is 0.229. The molecule has 4 aromatic rings. The van der Waals surface area contributed by atoms with Crippen LogP contribution in [0.3, 0.4) is 0 Å². The Labute approximate surface area is 245 Å². The molecule has 0 saturated carbocycles. The molecule has 10 nitrogen and oxygen atoms in total. The average Bonchev–Trinajstić information content (AvgIpc) is 3.40. The number of benzene rings is 2. The third-order valence-corrected chi connectivity index (χ3v) is 7.82. The first-order valence-corrected chi connectivity index (χ1v) is 14.2. The first-order chi connectivity index (χ1) is 20.3. The first-order valence-electron chi connectivity index (χ1n) is 13.3. The van der Waals surface area contributed by atoms with Gasteiger partial charge in [-0.3, -0.25) is 9.59 Å². The molecule has 0 fully saturated rings. The second-order valence-corrected chi connectivity index (χ2v) is 10.5. The van der Waals surface area contributed by atoms with E-state index in [1.807, 2.05) is 18.4 Å². The van der Waals surface area contributed by atoms with E-state index in [0.29, 0.717) is 37.3 Å². The predicted molar refractivity (Wildman–Crippen MR) is 159 cm³/mol. The molecular weight excluding hydrogens is 554 g/mol. The Morgan fingerprint density at radius 2 is 1.93 bits per heavy atom. The van der Waals surface area contributed by atoms with E-state index in [-0.39, 0.29) is 45.9 Å². The molecular formula is C31H27N5O5S. The van der Waals surface area contributed by atoms with Gasteiger partial charge in [-0.2, -0.15) is 5.26 Å². The lowest BCUT2D eigenvalue weighted by Gasteiger charge is -2.17. The second-order valence-electron chi connectivity index (χ2n) is 9.57. The Morgan fingerprint density at radius 3 is 2.67 bits per heavy atom. The summed E-state index contributed by atoms with van der Waals surface area (Å²) < 4.78 is 6.06. The molecule has 0 saturated heterocycles. The number of aromatic carboxylic acids is 1. The molecule has 3 heterocycles. The van der Waals surface area contributed by atoms with Gasteiger partial charge in [0, 0.05) is 46.6 Å². The van der Waals surface area contributed by atoms with Crippen LogP contribution in [0.2, 0.25) is 0 Å². The zero-order valence-electron chi connectivity index (χ0n) is 22.7. The van der Waals surface area contributed by atoms with Crippen LogP contribution in [0.1, 0.15) is 61.4 Å². The van der Waals surface area contributed by atoms with Crippen molar-refractivity contribution in [1.82, 2.24) is 10.3 Å². The second kappa shape index (κ2) is 12.2. The van der Waals surface area contributed by atoms with Gasteiger partial charge in [0.25, 0.3) is 11.8 Å². The number of fused-ring (bicyclic) bond motifs is 3. The minimum atomic E-state index is -1.36. The Morgan fingerprint density at radius 1 is 1.10 bits per heavy atom. The summed E-state index contributed by atoms with van der Waals surface area (Å²) in [4.78, 5) is 44.0. The predicted octanol–water partition coefficient (Wildman–Crippen LogP) is 4.83. The molecule has 212 valence electrons.